The Morgan fingerprint density at radius 1 is 1.09 bits per heavy atom. The number of sulfone groups is 1. The van der Waals surface area contributed by atoms with Crippen molar-refractivity contribution >= 4 is 19.9 Å². The normalized spacial score (nSPS) is 13.5. The van der Waals surface area contributed by atoms with E-state index in [-0.39, 0.29) is 17.0 Å². The van der Waals surface area contributed by atoms with Crippen LogP contribution in [0.25, 0.3) is 0 Å². The third-order valence-electron chi connectivity index (χ3n) is 3.15. The Bertz CT molecular complexity index is 907. The van der Waals surface area contributed by atoms with Gasteiger partial charge in [-0.15, -0.1) is 0 Å². The molecule has 2 aromatic rings. The molecule has 116 valence electrons. The van der Waals surface area contributed by atoms with Gasteiger partial charge in [-0.25, -0.2) is 20.8 Å². The van der Waals surface area contributed by atoms with E-state index < -0.39 is 25.1 Å². The lowest BCUT2D eigenvalue weighted by Crippen LogP contribution is -2.24. The van der Waals surface area contributed by atoms with E-state index in [9.17, 15) is 16.8 Å². The number of nitriles is 1. The Morgan fingerprint density at radius 2 is 1.73 bits per heavy atom. The highest BCUT2D eigenvalue weighted by Crippen LogP contribution is 2.18. The zero-order valence-corrected chi connectivity index (χ0v) is 13.4. The van der Waals surface area contributed by atoms with E-state index in [1.165, 1.54) is 30.5 Å². The lowest BCUT2D eigenvalue weighted by molar-refractivity contribution is 0.581. The van der Waals surface area contributed by atoms with E-state index in [2.05, 4.69) is 0 Å². The second-order valence-electron chi connectivity index (χ2n) is 4.76. The molecule has 0 aliphatic carbocycles. The van der Waals surface area contributed by atoms with Gasteiger partial charge in [-0.1, -0.05) is 18.2 Å². The molecule has 22 heavy (non-hydrogen) atoms. The zero-order chi connectivity index (χ0) is 16.4. The molecule has 1 heterocycles. The smallest absolute Gasteiger partial charge is 0.246 e. The maximum Gasteiger partial charge on any atom is 0.267 e. The molecule has 0 N–H and O–H groups in total. The van der Waals surface area contributed by atoms with Crippen molar-refractivity contribution in [1.82, 2.24) is 3.97 Å². The summed E-state index contributed by atoms with van der Waals surface area (Å²) in [5, 5.41) is 7.70. The molecule has 0 aliphatic heterocycles. The number of hydrogen-bond acceptors (Lipinski definition) is 5. The van der Waals surface area contributed by atoms with Gasteiger partial charge in [0, 0.05) is 24.6 Å². The zero-order valence-electron chi connectivity index (χ0n) is 11.7. The van der Waals surface area contributed by atoms with Crippen molar-refractivity contribution < 1.29 is 16.8 Å². The fourth-order valence-corrected chi connectivity index (χ4v) is 4.05. The Labute approximate surface area is 129 Å². The van der Waals surface area contributed by atoms with Crippen molar-refractivity contribution in [3.63, 3.8) is 0 Å². The molecular weight excluding hydrogens is 324 g/mol. The Balaban J connectivity index is 2.45. The van der Waals surface area contributed by atoms with Crippen LogP contribution in [0.1, 0.15) is 5.69 Å². The first kappa shape index (κ1) is 16.3. The maximum absolute atomic E-state index is 12.6. The summed E-state index contributed by atoms with van der Waals surface area (Å²) in [5.74, 6) is 0. The SMILES string of the molecule is CS(=O)(=O)C(C#N)Cc1cccn1S(=O)(=O)c1ccccc1. The first-order valence-electron chi connectivity index (χ1n) is 6.32. The first-order valence-corrected chi connectivity index (χ1v) is 9.71. The van der Waals surface area contributed by atoms with Crippen LogP contribution in [0.5, 0.6) is 0 Å². The van der Waals surface area contributed by atoms with Gasteiger partial charge in [-0.3, -0.25) is 0 Å². The minimum absolute atomic E-state index is 0.0975. The van der Waals surface area contributed by atoms with Crippen LogP contribution in [-0.4, -0.2) is 32.3 Å². The Kier molecular flexibility index (Phi) is 4.39. The lowest BCUT2D eigenvalue weighted by atomic mass is 10.2. The summed E-state index contributed by atoms with van der Waals surface area (Å²) in [4.78, 5) is 0.0975. The fourth-order valence-electron chi connectivity index (χ4n) is 1.98. The van der Waals surface area contributed by atoms with Gasteiger partial charge in [0.1, 0.15) is 0 Å². The van der Waals surface area contributed by atoms with Gasteiger partial charge >= 0.3 is 0 Å². The molecule has 0 spiro atoms. The molecule has 1 aromatic carbocycles. The highest BCUT2D eigenvalue weighted by Gasteiger charge is 2.25. The van der Waals surface area contributed by atoms with Crippen LogP contribution >= 0.6 is 0 Å². The predicted molar refractivity (Wildman–Crippen MR) is 81.4 cm³/mol. The van der Waals surface area contributed by atoms with E-state index in [1.54, 1.807) is 24.3 Å². The third-order valence-corrected chi connectivity index (χ3v) is 6.20. The fraction of sp³-hybridized carbons (Fsp3) is 0.214. The van der Waals surface area contributed by atoms with Crippen molar-refractivity contribution in [2.75, 3.05) is 6.26 Å². The maximum atomic E-state index is 12.6. The van der Waals surface area contributed by atoms with Crippen molar-refractivity contribution in [2.24, 2.45) is 0 Å². The van der Waals surface area contributed by atoms with Crippen molar-refractivity contribution in [2.45, 2.75) is 16.6 Å². The van der Waals surface area contributed by atoms with Crippen molar-refractivity contribution in [3.8, 4) is 6.07 Å². The quantitative estimate of drug-likeness (QED) is 0.816. The molecule has 0 saturated heterocycles. The molecule has 6 nitrogen and oxygen atoms in total. The number of aromatic nitrogens is 1. The van der Waals surface area contributed by atoms with Crippen LogP contribution in [0.2, 0.25) is 0 Å². The molecular formula is C14H14N2O4S2. The van der Waals surface area contributed by atoms with Crippen molar-refractivity contribution in [1.29, 1.82) is 5.26 Å². The summed E-state index contributed by atoms with van der Waals surface area (Å²) >= 11 is 0. The van der Waals surface area contributed by atoms with E-state index in [1.807, 2.05) is 0 Å². The average Bonchev–Trinajstić information content (AvgIpc) is 2.93. The van der Waals surface area contributed by atoms with Crippen LogP contribution in [0.4, 0.5) is 0 Å². The number of rotatable bonds is 5. The topological polar surface area (TPSA) is 97.0 Å². The van der Waals surface area contributed by atoms with E-state index in [0.29, 0.717) is 0 Å². The highest BCUT2D eigenvalue weighted by atomic mass is 32.2. The molecule has 0 bridgehead atoms. The third kappa shape index (κ3) is 3.21. The molecule has 1 aromatic heterocycles. The van der Waals surface area contributed by atoms with Crippen LogP contribution in [0, 0.1) is 11.3 Å². The Hall–Kier alpha value is -2.11. The lowest BCUT2D eigenvalue weighted by Gasteiger charge is -2.12. The van der Waals surface area contributed by atoms with E-state index in [0.717, 1.165) is 10.2 Å². The summed E-state index contributed by atoms with van der Waals surface area (Å²) in [6.45, 7) is 0. The van der Waals surface area contributed by atoms with E-state index >= 15 is 0 Å². The van der Waals surface area contributed by atoms with Crippen molar-refractivity contribution in [3.05, 3.63) is 54.4 Å². The van der Waals surface area contributed by atoms with Crippen LogP contribution < -0.4 is 0 Å². The molecule has 0 fully saturated rings. The predicted octanol–water partition coefficient (Wildman–Crippen LogP) is 1.20. The summed E-state index contributed by atoms with van der Waals surface area (Å²) < 4.78 is 49.2. The van der Waals surface area contributed by atoms with Gasteiger partial charge in [0.15, 0.2) is 15.1 Å². The minimum Gasteiger partial charge on any atom is -0.246 e. The van der Waals surface area contributed by atoms with Crippen LogP contribution in [0.3, 0.4) is 0 Å². The average molecular weight is 338 g/mol. The van der Waals surface area contributed by atoms with E-state index in [4.69, 9.17) is 5.26 Å². The number of benzene rings is 1. The standard InChI is InChI=1S/C14H14N2O4S2/c1-21(17,18)14(11-15)10-12-6-5-9-16(12)22(19,20)13-7-3-2-4-8-13/h2-9,14H,10H2,1H3. The molecule has 0 aliphatic rings. The molecule has 8 heteroatoms. The van der Waals surface area contributed by atoms with Gasteiger partial charge < -0.3 is 0 Å². The molecule has 2 rings (SSSR count). The largest absolute Gasteiger partial charge is 0.267 e. The summed E-state index contributed by atoms with van der Waals surface area (Å²) in [6.07, 6.45) is 2.11. The van der Waals surface area contributed by atoms with Gasteiger partial charge in [-0.2, -0.15) is 5.26 Å². The van der Waals surface area contributed by atoms with Crippen LogP contribution in [-0.2, 0) is 26.3 Å². The molecule has 0 amide bonds. The Morgan fingerprint density at radius 3 is 2.27 bits per heavy atom. The second kappa shape index (κ2) is 5.94. The highest BCUT2D eigenvalue weighted by molar-refractivity contribution is 7.91. The molecule has 1 unspecified atom stereocenters. The second-order valence-corrected chi connectivity index (χ2v) is 8.81. The van der Waals surface area contributed by atoms with Crippen LogP contribution in [0.15, 0.2) is 53.6 Å². The van der Waals surface area contributed by atoms with Gasteiger partial charge in [0.2, 0.25) is 0 Å². The summed E-state index contributed by atoms with van der Waals surface area (Å²) in [7, 11) is -7.40. The van der Waals surface area contributed by atoms with Gasteiger partial charge in [-0.05, 0) is 24.3 Å². The number of nitrogens with zero attached hydrogens (tertiary/aromatic N) is 2. The summed E-state index contributed by atoms with van der Waals surface area (Å²) in [6, 6.07) is 12.5. The van der Waals surface area contributed by atoms with Gasteiger partial charge in [0.05, 0.1) is 11.0 Å². The first-order chi connectivity index (χ1) is 10.3. The molecule has 0 radical (unpaired) electrons. The monoisotopic (exact) mass is 338 g/mol. The molecule has 1 atom stereocenters. The number of hydrogen-bond donors (Lipinski definition) is 0. The van der Waals surface area contributed by atoms with Gasteiger partial charge in [0.25, 0.3) is 10.0 Å². The summed E-state index contributed by atoms with van der Waals surface area (Å²) in [5.41, 5.74) is 0.251. The minimum atomic E-state index is -3.81. The molecule has 0 saturated carbocycles.